The Morgan fingerprint density at radius 2 is 1.79 bits per heavy atom. The normalized spacial score (nSPS) is 17.0. The van der Waals surface area contributed by atoms with Crippen LogP contribution in [0.25, 0.3) is 12.2 Å². The predicted molar refractivity (Wildman–Crippen MR) is 107 cm³/mol. The van der Waals surface area contributed by atoms with Crippen LogP contribution >= 0.6 is 0 Å². The van der Waals surface area contributed by atoms with Crippen molar-refractivity contribution in [2.45, 2.75) is 18.8 Å². The summed E-state index contributed by atoms with van der Waals surface area (Å²) < 4.78 is 13.1. The number of carbonyl (C=O) groups excluding carboxylic acids is 2. The molecule has 1 aliphatic rings. The lowest BCUT2D eigenvalue weighted by Gasteiger charge is -2.32. The number of pyridine rings is 1. The molecule has 0 bridgehead atoms. The van der Waals surface area contributed by atoms with Crippen molar-refractivity contribution < 1.29 is 19.2 Å². The second kappa shape index (κ2) is 9.75. The van der Waals surface area contributed by atoms with E-state index in [9.17, 15) is 14.0 Å². The number of nitrogens with one attached hydrogen (secondary N) is 1. The van der Waals surface area contributed by atoms with Gasteiger partial charge >= 0.3 is 0 Å². The smallest absolute Gasteiger partial charge is 0.267 e. The second-order valence-electron chi connectivity index (χ2n) is 6.80. The van der Waals surface area contributed by atoms with E-state index in [1.54, 1.807) is 41.3 Å². The van der Waals surface area contributed by atoms with Crippen molar-refractivity contribution in [1.29, 1.82) is 0 Å². The molecule has 1 atom stereocenters. The van der Waals surface area contributed by atoms with Crippen molar-refractivity contribution in [1.82, 2.24) is 15.4 Å². The third kappa shape index (κ3) is 5.83. The topological polar surface area (TPSA) is 82.5 Å². The summed E-state index contributed by atoms with van der Waals surface area (Å²) in [5, 5.41) is 8.50. The minimum atomic E-state index is -0.649. The van der Waals surface area contributed by atoms with Crippen molar-refractivity contribution >= 4 is 24.0 Å². The van der Waals surface area contributed by atoms with E-state index in [1.807, 2.05) is 0 Å². The number of carbonyl (C=O) groups is 2. The zero-order chi connectivity index (χ0) is 20.6. The molecular weight excluding hydrogens is 373 g/mol. The Balaban J connectivity index is 1.63. The quantitative estimate of drug-likeness (QED) is 0.463. The Labute approximate surface area is 168 Å². The average Bonchev–Trinajstić information content (AvgIpc) is 2.76. The van der Waals surface area contributed by atoms with Gasteiger partial charge in [0.05, 0.1) is 11.4 Å². The molecule has 0 aliphatic carbocycles. The second-order valence-corrected chi connectivity index (χ2v) is 6.80. The van der Waals surface area contributed by atoms with Gasteiger partial charge in [0.2, 0.25) is 5.91 Å². The number of benzene rings is 1. The van der Waals surface area contributed by atoms with Crippen LogP contribution in [0, 0.1) is 5.82 Å². The molecule has 1 aliphatic heterocycles. The largest absolute Gasteiger partial charge is 0.339 e. The fourth-order valence-corrected chi connectivity index (χ4v) is 3.30. The van der Waals surface area contributed by atoms with Gasteiger partial charge in [-0.1, -0.05) is 18.2 Å². The van der Waals surface area contributed by atoms with Crippen LogP contribution in [-0.2, 0) is 9.59 Å². The first-order chi connectivity index (χ1) is 14.0. The van der Waals surface area contributed by atoms with Crippen LogP contribution in [0.2, 0.25) is 0 Å². The highest BCUT2D eigenvalue weighted by Crippen LogP contribution is 2.27. The minimum absolute atomic E-state index is 0.0979. The highest BCUT2D eigenvalue weighted by atomic mass is 19.1. The summed E-state index contributed by atoms with van der Waals surface area (Å²) in [6, 6.07) is 11.7. The molecule has 3 rings (SSSR count). The van der Waals surface area contributed by atoms with Crippen LogP contribution in [0.3, 0.4) is 0 Å². The summed E-state index contributed by atoms with van der Waals surface area (Å²) in [6.45, 7) is 1.29. The molecule has 1 saturated heterocycles. The van der Waals surface area contributed by atoms with Crippen LogP contribution in [0.5, 0.6) is 0 Å². The summed E-state index contributed by atoms with van der Waals surface area (Å²) in [6.07, 6.45) is 7.60. The molecule has 1 fully saturated rings. The molecule has 0 spiro atoms. The minimum Gasteiger partial charge on any atom is -0.339 e. The number of hydroxylamine groups is 1. The molecule has 1 aromatic heterocycles. The van der Waals surface area contributed by atoms with Gasteiger partial charge in [0.25, 0.3) is 5.91 Å². The Kier molecular flexibility index (Phi) is 6.86. The lowest BCUT2D eigenvalue weighted by atomic mass is 9.90. The standard InChI is InChI=1S/C22H22FN3O3/c23-18-8-6-16(7-9-18)17-3-2-14-26(15-17)22(28)13-11-20-5-1-4-19(24-20)10-12-21(27)25-29/h1,4-13,17,29H,2-3,14-15H2,(H,25,27)/b12-10+,13-11+. The first kappa shape index (κ1) is 20.4. The maximum Gasteiger partial charge on any atom is 0.267 e. The van der Waals surface area contributed by atoms with E-state index in [0.29, 0.717) is 24.5 Å². The molecule has 0 radical (unpaired) electrons. The van der Waals surface area contributed by atoms with E-state index in [4.69, 9.17) is 5.21 Å². The number of hydrogen-bond donors (Lipinski definition) is 2. The fraction of sp³-hybridized carbons (Fsp3) is 0.227. The number of nitrogens with zero attached hydrogens (tertiary/aromatic N) is 2. The molecule has 2 amide bonds. The molecule has 0 saturated carbocycles. The van der Waals surface area contributed by atoms with Gasteiger partial charge in [0.1, 0.15) is 5.82 Å². The van der Waals surface area contributed by atoms with Crippen LogP contribution in [0.15, 0.2) is 54.6 Å². The van der Waals surface area contributed by atoms with Crippen molar-refractivity contribution in [3.8, 4) is 0 Å². The Bertz CT molecular complexity index is 925. The number of rotatable bonds is 5. The van der Waals surface area contributed by atoms with Gasteiger partial charge in [0, 0.05) is 31.2 Å². The van der Waals surface area contributed by atoms with E-state index in [0.717, 1.165) is 24.5 Å². The lowest BCUT2D eigenvalue weighted by molar-refractivity contribution is -0.127. The van der Waals surface area contributed by atoms with Crippen molar-refractivity contribution in [3.05, 3.63) is 77.4 Å². The first-order valence-electron chi connectivity index (χ1n) is 9.37. The first-order valence-corrected chi connectivity index (χ1v) is 9.37. The van der Waals surface area contributed by atoms with Crippen LogP contribution in [-0.4, -0.2) is 40.0 Å². The molecule has 1 aromatic carbocycles. The van der Waals surface area contributed by atoms with Gasteiger partial charge in [-0.25, -0.2) is 14.9 Å². The van der Waals surface area contributed by atoms with E-state index < -0.39 is 5.91 Å². The Morgan fingerprint density at radius 3 is 2.48 bits per heavy atom. The Morgan fingerprint density at radius 1 is 1.10 bits per heavy atom. The molecule has 150 valence electrons. The maximum absolute atomic E-state index is 13.1. The highest BCUT2D eigenvalue weighted by molar-refractivity contribution is 5.92. The molecule has 2 N–H and O–H groups in total. The van der Waals surface area contributed by atoms with E-state index >= 15 is 0 Å². The van der Waals surface area contributed by atoms with Crippen LogP contribution in [0.4, 0.5) is 4.39 Å². The Hall–Kier alpha value is -3.32. The summed E-state index contributed by atoms with van der Waals surface area (Å²) >= 11 is 0. The monoisotopic (exact) mass is 395 g/mol. The molecule has 29 heavy (non-hydrogen) atoms. The molecule has 2 heterocycles. The summed E-state index contributed by atoms with van der Waals surface area (Å²) in [4.78, 5) is 29.8. The molecular formula is C22H22FN3O3. The number of amides is 2. The summed E-state index contributed by atoms with van der Waals surface area (Å²) in [7, 11) is 0. The summed E-state index contributed by atoms with van der Waals surface area (Å²) in [5.41, 5.74) is 3.66. The zero-order valence-electron chi connectivity index (χ0n) is 15.8. The molecule has 2 aromatic rings. The third-order valence-corrected chi connectivity index (χ3v) is 4.78. The van der Waals surface area contributed by atoms with Gasteiger partial charge in [0.15, 0.2) is 0 Å². The van der Waals surface area contributed by atoms with Crippen molar-refractivity contribution in [2.75, 3.05) is 13.1 Å². The van der Waals surface area contributed by atoms with Gasteiger partial charge in [-0.2, -0.15) is 0 Å². The predicted octanol–water partition coefficient (Wildman–Crippen LogP) is 3.16. The number of hydrogen-bond acceptors (Lipinski definition) is 4. The van der Waals surface area contributed by atoms with Crippen molar-refractivity contribution in [3.63, 3.8) is 0 Å². The summed E-state index contributed by atoms with van der Waals surface area (Å²) in [5.74, 6) is -0.809. The van der Waals surface area contributed by atoms with Gasteiger partial charge < -0.3 is 4.90 Å². The van der Waals surface area contributed by atoms with Crippen LogP contribution < -0.4 is 5.48 Å². The number of aromatic nitrogens is 1. The molecule has 1 unspecified atom stereocenters. The number of halogens is 1. The zero-order valence-corrected chi connectivity index (χ0v) is 15.8. The highest BCUT2D eigenvalue weighted by Gasteiger charge is 2.23. The van der Waals surface area contributed by atoms with Crippen LogP contribution in [0.1, 0.15) is 35.7 Å². The van der Waals surface area contributed by atoms with E-state index in [-0.39, 0.29) is 17.6 Å². The maximum atomic E-state index is 13.1. The van der Waals surface area contributed by atoms with Gasteiger partial charge in [-0.3, -0.25) is 14.8 Å². The SMILES string of the molecule is O=C(/C=C/c1cccc(/C=C/C(=O)N2CCCC(c3ccc(F)cc3)C2)n1)NO. The average molecular weight is 395 g/mol. The number of piperidine rings is 1. The fourth-order valence-electron chi connectivity index (χ4n) is 3.30. The molecule has 6 nitrogen and oxygen atoms in total. The van der Waals surface area contributed by atoms with E-state index in [2.05, 4.69) is 4.98 Å². The van der Waals surface area contributed by atoms with Gasteiger partial charge in [-0.05, 0) is 54.8 Å². The molecule has 7 heteroatoms. The van der Waals surface area contributed by atoms with Crippen molar-refractivity contribution in [2.24, 2.45) is 0 Å². The third-order valence-electron chi connectivity index (χ3n) is 4.78. The van der Waals surface area contributed by atoms with E-state index in [1.165, 1.54) is 29.8 Å². The lowest BCUT2D eigenvalue weighted by Crippen LogP contribution is -2.38. The number of likely N-dealkylation sites (tertiary alicyclic amines) is 1. The van der Waals surface area contributed by atoms with Gasteiger partial charge in [-0.15, -0.1) is 0 Å².